The van der Waals surface area contributed by atoms with Crippen LogP contribution in [-0.2, 0) is 9.53 Å². The predicted molar refractivity (Wildman–Crippen MR) is 51.5 cm³/mol. The first-order chi connectivity index (χ1) is 6.06. The van der Waals surface area contributed by atoms with Crippen LogP contribution in [0.2, 0.25) is 0 Å². The molecule has 3 heteroatoms. The number of carbonyl (C=O) groups excluding carboxylic acids is 1. The molecule has 0 saturated heterocycles. The van der Waals surface area contributed by atoms with Crippen LogP contribution in [0, 0.1) is 0 Å². The van der Waals surface area contributed by atoms with Crippen molar-refractivity contribution in [1.29, 1.82) is 0 Å². The molecular weight excluding hydrogens is 166 g/mol. The summed E-state index contributed by atoms with van der Waals surface area (Å²) in [7, 11) is 1.76. The third-order valence-corrected chi connectivity index (χ3v) is 2.85. The smallest absolute Gasteiger partial charge is 0.217 e. The Bertz CT molecular complexity index is 183. The van der Waals surface area contributed by atoms with Crippen LogP contribution in [0.1, 0.15) is 39.5 Å². The molecule has 0 radical (unpaired) electrons. The summed E-state index contributed by atoms with van der Waals surface area (Å²) in [4.78, 5) is 10.9. The van der Waals surface area contributed by atoms with E-state index < -0.39 is 0 Å². The van der Waals surface area contributed by atoms with Gasteiger partial charge in [0.2, 0.25) is 5.91 Å². The van der Waals surface area contributed by atoms with E-state index in [1.807, 2.05) is 0 Å². The third-order valence-electron chi connectivity index (χ3n) is 2.85. The summed E-state index contributed by atoms with van der Waals surface area (Å²) in [5.74, 6) is 0.0679. The van der Waals surface area contributed by atoms with E-state index in [0.29, 0.717) is 6.10 Å². The number of hydrogen-bond acceptors (Lipinski definition) is 2. The minimum Gasteiger partial charge on any atom is -0.381 e. The second-order valence-corrected chi connectivity index (χ2v) is 4.18. The van der Waals surface area contributed by atoms with Gasteiger partial charge in [0.05, 0.1) is 6.10 Å². The van der Waals surface area contributed by atoms with Crippen molar-refractivity contribution in [2.75, 3.05) is 7.11 Å². The highest BCUT2D eigenvalue weighted by Gasteiger charge is 2.31. The van der Waals surface area contributed by atoms with E-state index in [4.69, 9.17) is 4.74 Å². The lowest BCUT2D eigenvalue weighted by Gasteiger charge is -2.37. The second-order valence-electron chi connectivity index (χ2n) is 4.18. The molecule has 0 spiro atoms. The average molecular weight is 185 g/mol. The summed E-state index contributed by atoms with van der Waals surface area (Å²) in [6.07, 6.45) is 4.53. The van der Waals surface area contributed by atoms with Gasteiger partial charge in [-0.15, -0.1) is 0 Å². The maximum absolute atomic E-state index is 10.9. The zero-order chi connectivity index (χ0) is 9.90. The summed E-state index contributed by atoms with van der Waals surface area (Å²) in [5.41, 5.74) is 0.000856. The van der Waals surface area contributed by atoms with Crippen molar-refractivity contribution < 1.29 is 9.53 Å². The SMILES string of the molecule is COC1CCC(C)(NC(C)=O)CC1. The van der Waals surface area contributed by atoms with Gasteiger partial charge in [-0.2, -0.15) is 0 Å². The van der Waals surface area contributed by atoms with E-state index >= 15 is 0 Å². The van der Waals surface area contributed by atoms with E-state index in [1.165, 1.54) is 0 Å². The molecular formula is C10H19NO2. The first-order valence-corrected chi connectivity index (χ1v) is 4.87. The molecule has 0 unspecified atom stereocenters. The largest absolute Gasteiger partial charge is 0.381 e. The highest BCUT2D eigenvalue weighted by atomic mass is 16.5. The molecule has 0 aromatic heterocycles. The molecule has 1 rings (SSSR count). The van der Waals surface area contributed by atoms with E-state index in [0.717, 1.165) is 25.7 Å². The van der Waals surface area contributed by atoms with Crippen molar-refractivity contribution in [1.82, 2.24) is 5.32 Å². The lowest BCUT2D eigenvalue weighted by atomic mass is 9.82. The Morgan fingerprint density at radius 2 is 2.00 bits per heavy atom. The molecule has 1 fully saturated rings. The van der Waals surface area contributed by atoms with Crippen molar-refractivity contribution in [3.8, 4) is 0 Å². The molecule has 0 heterocycles. The minimum atomic E-state index is 0.000856. The van der Waals surface area contributed by atoms with Gasteiger partial charge in [0.1, 0.15) is 0 Å². The molecule has 13 heavy (non-hydrogen) atoms. The Hall–Kier alpha value is -0.570. The number of hydrogen-bond donors (Lipinski definition) is 1. The van der Waals surface area contributed by atoms with Crippen molar-refractivity contribution in [2.24, 2.45) is 0 Å². The van der Waals surface area contributed by atoms with Crippen molar-refractivity contribution in [3.05, 3.63) is 0 Å². The van der Waals surface area contributed by atoms with Gasteiger partial charge < -0.3 is 10.1 Å². The van der Waals surface area contributed by atoms with Crippen molar-refractivity contribution >= 4 is 5.91 Å². The molecule has 1 aliphatic carbocycles. The van der Waals surface area contributed by atoms with Gasteiger partial charge in [0, 0.05) is 19.6 Å². The third kappa shape index (κ3) is 2.99. The number of ether oxygens (including phenoxy) is 1. The normalized spacial score (nSPS) is 34.2. The summed E-state index contributed by atoms with van der Waals surface area (Å²) >= 11 is 0. The molecule has 1 saturated carbocycles. The number of nitrogens with one attached hydrogen (secondary N) is 1. The van der Waals surface area contributed by atoms with E-state index in [1.54, 1.807) is 14.0 Å². The minimum absolute atomic E-state index is 0.000856. The van der Waals surface area contributed by atoms with Crippen LogP contribution < -0.4 is 5.32 Å². The van der Waals surface area contributed by atoms with E-state index in [9.17, 15) is 4.79 Å². The lowest BCUT2D eigenvalue weighted by Crippen LogP contribution is -2.48. The molecule has 0 aromatic rings. The molecule has 3 nitrogen and oxygen atoms in total. The van der Waals surface area contributed by atoms with Crippen LogP contribution in [0.3, 0.4) is 0 Å². The van der Waals surface area contributed by atoms with Gasteiger partial charge in [-0.1, -0.05) is 0 Å². The fourth-order valence-electron chi connectivity index (χ4n) is 2.01. The molecule has 0 bridgehead atoms. The van der Waals surface area contributed by atoms with Crippen molar-refractivity contribution in [2.45, 2.75) is 51.2 Å². The Labute approximate surface area is 79.8 Å². The topological polar surface area (TPSA) is 38.3 Å². The number of carbonyl (C=O) groups is 1. The number of amides is 1. The summed E-state index contributed by atoms with van der Waals surface area (Å²) in [5, 5.41) is 3.01. The zero-order valence-electron chi connectivity index (χ0n) is 8.72. The fraction of sp³-hybridized carbons (Fsp3) is 0.900. The molecule has 0 atom stereocenters. The maximum atomic E-state index is 10.9. The maximum Gasteiger partial charge on any atom is 0.217 e. The summed E-state index contributed by atoms with van der Waals surface area (Å²) in [6, 6.07) is 0. The lowest BCUT2D eigenvalue weighted by molar-refractivity contribution is -0.121. The Morgan fingerprint density at radius 3 is 2.38 bits per heavy atom. The van der Waals surface area contributed by atoms with Crippen LogP contribution in [0.5, 0.6) is 0 Å². The standard InChI is InChI=1S/C10H19NO2/c1-8(12)11-10(2)6-4-9(13-3)5-7-10/h9H,4-7H2,1-3H3,(H,11,12). The quantitative estimate of drug-likeness (QED) is 0.707. The molecule has 1 amide bonds. The van der Waals surface area contributed by atoms with Crippen LogP contribution in [0.4, 0.5) is 0 Å². The predicted octanol–water partition coefficient (Wildman–Crippen LogP) is 1.47. The second kappa shape index (κ2) is 4.09. The highest BCUT2D eigenvalue weighted by molar-refractivity contribution is 5.73. The van der Waals surface area contributed by atoms with Crippen LogP contribution >= 0.6 is 0 Å². The van der Waals surface area contributed by atoms with Gasteiger partial charge in [0.25, 0.3) is 0 Å². The fourth-order valence-corrected chi connectivity index (χ4v) is 2.01. The van der Waals surface area contributed by atoms with Gasteiger partial charge in [0.15, 0.2) is 0 Å². The van der Waals surface area contributed by atoms with Gasteiger partial charge >= 0.3 is 0 Å². The van der Waals surface area contributed by atoms with Crippen LogP contribution in [0.25, 0.3) is 0 Å². The summed E-state index contributed by atoms with van der Waals surface area (Å²) < 4.78 is 5.28. The number of rotatable bonds is 2. The molecule has 1 aliphatic rings. The van der Waals surface area contributed by atoms with Crippen molar-refractivity contribution in [3.63, 3.8) is 0 Å². The van der Waals surface area contributed by atoms with Gasteiger partial charge in [-0.3, -0.25) is 4.79 Å². The Morgan fingerprint density at radius 1 is 1.46 bits per heavy atom. The Balaban J connectivity index is 2.41. The Kier molecular flexibility index (Phi) is 3.31. The molecule has 76 valence electrons. The first-order valence-electron chi connectivity index (χ1n) is 4.87. The van der Waals surface area contributed by atoms with Gasteiger partial charge in [-0.05, 0) is 32.6 Å². The first kappa shape index (κ1) is 10.5. The van der Waals surface area contributed by atoms with E-state index in [-0.39, 0.29) is 11.4 Å². The summed E-state index contributed by atoms with van der Waals surface area (Å²) in [6.45, 7) is 3.69. The van der Waals surface area contributed by atoms with E-state index in [2.05, 4.69) is 12.2 Å². The molecule has 0 aliphatic heterocycles. The van der Waals surface area contributed by atoms with Crippen LogP contribution in [-0.4, -0.2) is 24.7 Å². The van der Waals surface area contributed by atoms with Crippen LogP contribution in [0.15, 0.2) is 0 Å². The molecule has 1 N–H and O–H groups in total. The zero-order valence-corrected chi connectivity index (χ0v) is 8.72. The highest BCUT2D eigenvalue weighted by Crippen LogP contribution is 2.29. The average Bonchev–Trinajstić information content (AvgIpc) is 2.04. The van der Waals surface area contributed by atoms with Gasteiger partial charge in [-0.25, -0.2) is 0 Å². The molecule has 0 aromatic carbocycles. The monoisotopic (exact) mass is 185 g/mol. The number of methoxy groups -OCH3 is 1.